The van der Waals surface area contributed by atoms with Crippen LogP contribution in [0.4, 0.5) is 4.79 Å². The van der Waals surface area contributed by atoms with Crippen molar-refractivity contribution in [3.8, 4) is 0 Å². The Morgan fingerprint density at radius 2 is 1.49 bits per heavy atom. The van der Waals surface area contributed by atoms with Crippen molar-refractivity contribution in [2.75, 3.05) is 39.8 Å². The van der Waals surface area contributed by atoms with Crippen LogP contribution in [0.5, 0.6) is 0 Å². The average molecular weight is 604 g/mol. The Bertz CT molecular complexity index is 1380. The van der Waals surface area contributed by atoms with Gasteiger partial charge in [0.25, 0.3) is 0 Å². The van der Waals surface area contributed by atoms with Gasteiger partial charge in [-0.1, -0.05) is 85.3 Å². The molecule has 43 heavy (non-hydrogen) atoms. The first-order valence-electron chi connectivity index (χ1n) is 15.7. The van der Waals surface area contributed by atoms with E-state index < -0.39 is 10.0 Å². The first-order chi connectivity index (χ1) is 20.9. The number of ether oxygens (including phenoxy) is 1. The van der Waals surface area contributed by atoms with Gasteiger partial charge in [0.2, 0.25) is 10.0 Å². The van der Waals surface area contributed by atoms with Crippen molar-refractivity contribution < 1.29 is 17.9 Å². The van der Waals surface area contributed by atoms with Crippen LogP contribution in [0.3, 0.4) is 0 Å². The molecular formula is C35H45N3O4S. The van der Waals surface area contributed by atoms with Gasteiger partial charge in [0.1, 0.15) is 6.61 Å². The molecule has 3 aromatic rings. The number of carbonyl (C=O) groups excluding carboxylic acids is 1. The van der Waals surface area contributed by atoms with Gasteiger partial charge in [-0.25, -0.2) is 17.5 Å². The van der Waals surface area contributed by atoms with E-state index in [0.717, 1.165) is 56.6 Å². The van der Waals surface area contributed by atoms with E-state index in [4.69, 9.17) is 4.74 Å². The molecule has 0 N–H and O–H groups in total. The van der Waals surface area contributed by atoms with Gasteiger partial charge < -0.3 is 14.5 Å². The van der Waals surface area contributed by atoms with Crippen molar-refractivity contribution >= 4 is 16.1 Å². The highest BCUT2D eigenvalue weighted by Crippen LogP contribution is 2.30. The molecule has 3 aromatic carbocycles. The van der Waals surface area contributed by atoms with Gasteiger partial charge in [0.15, 0.2) is 0 Å². The third-order valence-corrected chi connectivity index (χ3v) is 10.9. The minimum atomic E-state index is -3.57. The molecule has 0 aromatic heterocycles. The maximum atomic E-state index is 13.3. The Hall–Kier alpha value is -3.20. The van der Waals surface area contributed by atoms with Crippen molar-refractivity contribution in [2.45, 2.75) is 62.0 Å². The van der Waals surface area contributed by atoms with Crippen LogP contribution in [-0.2, 0) is 21.4 Å². The quantitative estimate of drug-likeness (QED) is 0.227. The van der Waals surface area contributed by atoms with E-state index in [-0.39, 0.29) is 18.1 Å². The number of hydrogen-bond acceptors (Lipinski definition) is 5. The monoisotopic (exact) mass is 603 g/mol. The summed E-state index contributed by atoms with van der Waals surface area (Å²) < 4.78 is 33.8. The van der Waals surface area contributed by atoms with Crippen LogP contribution in [-0.4, -0.2) is 74.4 Å². The number of amides is 1. The van der Waals surface area contributed by atoms with Crippen LogP contribution in [0.2, 0.25) is 0 Å². The highest BCUT2D eigenvalue weighted by atomic mass is 32.2. The Morgan fingerprint density at radius 1 is 0.884 bits per heavy atom. The van der Waals surface area contributed by atoms with Crippen LogP contribution in [0.1, 0.15) is 55.6 Å². The first kappa shape index (κ1) is 31.2. The number of piperidine rings is 1. The zero-order chi connectivity index (χ0) is 30.1. The predicted molar refractivity (Wildman–Crippen MR) is 170 cm³/mol. The average Bonchev–Trinajstić information content (AvgIpc) is 3.03. The highest BCUT2D eigenvalue weighted by Gasteiger charge is 2.33. The maximum absolute atomic E-state index is 13.3. The van der Waals surface area contributed by atoms with E-state index in [1.54, 1.807) is 31.3 Å². The summed E-state index contributed by atoms with van der Waals surface area (Å²) in [6.07, 6.45) is 6.14. The van der Waals surface area contributed by atoms with Gasteiger partial charge in [0.05, 0.1) is 4.90 Å². The van der Waals surface area contributed by atoms with Crippen LogP contribution in [0.15, 0.2) is 95.9 Å². The normalized spacial score (nSPS) is 17.3. The summed E-state index contributed by atoms with van der Waals surface area (Å²) in [7, 11) is -1.89. The largest absolute Gasteiger partial charge is 0.445 e. The minimum absolute atomic E-state index is 0.0745. The van der Waals surface area contributed by atoms with E-state index in [2.05, 4.69) is 17.0 Å². The van der Waals surface area contributed by atoms with Crippen molar-refractivity contribution in [2.24, 2.45) is 5.92 Å². The van der Waals surface area contributed by atoms with Crippen molar-refractivity contribution in [1.82, 2.24) is 14.1 Å². The molecule has 1 atom stereocenters. The van der Waals surface area contributed by atoms with Gasteiger partial charge >= 0.3 is 6.09 Å². The van der Waals surface area contributed by atoms with E-state index in [0.29, 0.717) is 24.0 Å². The zero-order valence-corrected chi connectivity index (χ0v) is 26.1. The molecule has 5 rings (SSSR count). The molecule has 8 heteroatoms. The molecule has 0 radical (unpaired) electrons. The molecule has 1 saturated heterocycles. The van der Waals surface area contributed by atoms with E-state index in [1.165, 1.54) is 23.6 Å². The Kier molecular flexibility index (Phi) is 10.9. The van der Waals surface area contributed by atoms with Gasteiger partial charge in [-0.05, 0) is 73.7 Å². The SMILES string of the molecule is CN(C[C@@H](CCN1CCC(N(CC2CCC2)C(=O)OCc2ccccc2)CC1)c1ccccc1)S(=O)(=O)c1ccccc1. The number of carbonyl (C=O) groups is 1. The molecule has 230 valence electrons. The molecule has 1 aliphatic heterocycles. The number of likely N-dealkylation sites (N-methyl/N-ethyl adjacent to an activating group) is 1. The summed E-state index contributed by atoms with van der Waals surface area (Å²) in [5, 5.41) is 0. The fourth-order valence-electron chi connectivity index (χ4n) is 6.19. The molecule has 1 saturated carbocycles. The molecular weight excluding hydrogens is 558 g/mol. The van der Waals surface area contributed by atoms with E-state index in [1.807, 2.05) is 59.5 Å². The summed E-state index contributed by atoms with van der Waals surface area (Å²) in [4.78, 5) is 18.1. The topological polar surface area (TPSA) is 70.2 Å². The Labute approximate surface area is 257 Å². The molecule has 2 fully saturated rings. The van der Waals surface area contributed by atoms with Gasteiger partial charge in [0, 0.05) is 39.3 Å². The second kappa shape index (κ2) is 15.0. The molecule has 0 unspecified atom stereocenters. The summed E-state index contributed by atoms with van der Waals surface area (Å²) >= 11 is 0. The predicted octanol–water partition coefficient (Wildman–Crippen LogP) is 6.38. The Balaban J connectivity index is 1.17. The maximum Gasteiger partial charge on any atom is 0.410 e. The van der Waals surface area contributed by atoms with Gasteiger partial charge in [-0.15, -0.1) is 0 Å². The van der Waals surface area contributed by atoms with Crippen molar-refractivity contribution in [3.05, 3.63) is 102 Å². The minimum Gasteiger partial charge on any atom is -0.445 e. The van der Waals surface area contributed by atoms with Crippen LogP contribution in [0, 0.1) is 5.92 Å². The fourth-order valence-corrected chi connectivity index (χ4v) is 7.43. The lowest BCUT2D eigenvalue weighted by Gasteiger charge is -2.41. The van der Waals surface area contributed by atoms with E-state index in [9.17, 15) is 13.2 Å². The number of nitrogens with zero attached hydrogens (tertiary/aromatic N) is 3. The van der Waals surface area contributed by atoms with Crippen LogP contribution in [0.25, 0.3) is 0 Å². The molecule has 0 bridgehead atoms. The fraction of sp³-hybridized carbons (Fsp3) is 0.457. The number of sulfonamides is 1. The number of hydrogen-bond donors (Lipinski definition) is 0. The zero-order valence-electron chi connectivity index (χ0n) is 25.3. The molecule has 1 heterocycles. The number of rotatable bonds is 13. The second-order valence-corrected chi connectivity index (χ2v) is 14.1. The summed E-state index contributed by atoms with van der Waals surface area (Å²) in [6, 6.07) is 28.9. The standard InChI is InChI=1S/C35H45N3O4S/c1-36(43(40,41)34-18-9-4-10-19-34)27-32(31-16-7-3-8-17-31)20-23-37-24-21-33(22-25-37)38(26-29-14-11-15-29)35(39)42-28-30-12-5-2-6-13-30/h2-10,12-13,16-19,29,32-33H,11,14-15,20-28H2,1H3/t32-/m1/s1. The summed E-state index contributed by atoms with van der Waals surface area (Å²) in [6.45, 7) is 4.22. The lowest BCUT2D eigenvalue weighted by molar-refractivity contribution is 0.0456. The van der Waals surface area contributed by atoms with Crippen molar-refractivity contribution in [1.29, 1.82) is 0 Å². The molecule has 1 amide bonds. The lowest BCUT2D eigenvalue weighted by Crippen LogP contribution is -2.50. The smallest absolute Gasteiger partial charge is 0.410 e. The van der Waals surface area contributed by atoms with Gasteiger partial charge in [-0.2, -0.15) is 0 Å². The first-order valence-corrected chi connectivity index (χ1v) is 17.1. The Morgan fingerprint density at radius 3 is 2.09 bits per heavy atom. The third-order valence-electron chi connectivity index (χ3n) is 9.11. The third kappa shape index (κ3) is 8.46. The van der Waals surface area contributed by atoms with Gasteiger partial charge in [-0.3, -0.25) is 0 Å². The highest BCUT2D eigenvalue weighted by molar-refractivity contribution is 7.89. The lowest BCUT2D eigenvalue weighted by atomic mass is 9.84. The van der Waals surface area contributed by atoms with Crippen molar-refractivity contribution in [3.63, 3.8) is 0 Å². The summed E-state index contributed by atoms with van der Waals surface area (Å²) in [5.74, 6) is 0.656. The summed E-state index contributed by atoms with van der Waals surface area (Å²) in [5.41, 5.74) is 2.16. The molecule has 7 nitrogen and oxygen atoms in total. The molecule has 1 aliphatic carbocycles. The van der Waals surface area contributed by atoms with Crippen LogP contribution < -0.4 is 0 Å². The molecule has 2 aliphatic rings. The second-order valence-electron chi connectivity index (χ2n) is 12.1. The van der Waals surface area contributed by atoms with Crippen LogP contribution >= 0.6 is 0 Å². The number of benzene rings is 3. The molecule has 0 spiro atoms. The number of likely N-dealkylation sites (tertiary alicyclic amines) is 1. The van der Waals surface area contributed by atoms with E-state index >= 15 is 0 Å².